The number of rotatable bonds is 10. The van der Waals surface area contributed by atoms with E-state index in [-0.39, 0.29) is 11.9 Å². The summed E-state index contributed by atoms with van der Waals surface area (Å²) in [5, 5.41) is 3.05. The summed E-state index contributed by atoms with van der Waals surface area (Å²) in [4.78, 5) is 12.6. The maximum Gasteiger partial charge on any atom is 0.251 e. The third-order valence-electron chi connectivity index (χ3n) is 4.17. The zero-order valence-corrected chi connectivity index (χ0v) is 16.0. The Morgan fingerprint density at radius 1 is 1.12 bits per heavy atom. The first kappa shape index (κ1) is 20.0. The van der Waals surface area contributed by atoms with Gasteiger partial charge in [-0.1, -0.05) is 43.7 Å². The van der Waals surface area contributed by atoms with Crippen LogP contribution in [-0.4, -0.2) is 19.1 Å². The molecule has 0 spiro atoms. The van der Waals surface area contributed by atoms with Crippen LogP contribution in [0.5, 0.6) is 5.75 Å². The molecule has 0 saturated carbocycles. The normalized spacial score (nSPS) is 11.8. The van der Waals surface area contributed by atoms with E-state index in [0.717, 1.165) is 29.7 Å². The van der Waals surface area contributed by atoms with E-state index in [4.69, 9.17) is 9.47 Å². The van der Waals surface area contributed by atoms with Crippen molar-refractivity contribution in [3.63, 3.8) is 0 Å². The molecule has 0 aromatic heterocycles. The van der Waals surface area contributed by atoms with E-state index in [1.54, 1.807) is 6.07 Å². The van der Waals surface area contributed by atoms with Crippen molar-refractivity contribution in [2.24, 2.45) is 0 Å². The maximum atomic E-state index is 12.6. The molecule has 4 heteroatoms. The summed E-state index contributed by atoms with van der Waals surface area (Å²) in [5.74, 6) is 0.677. The minimum atomic E-state index is -0.0980. The van der Waals surface area contributed by atoms with Gasteiger partial charge in [0.15, 0.2) is 0 Å². The Labute approximate surface area is 156 Å². The van der Waals surface area contributed by atoms with Crippen LogP contribution >= 0.6 is 0 Å². The summed E-state index contributed by atoms with van der Waals surface area (Å²) in [6, 6.07) is 15.4. The number of hydrogen-bond acceptors (Lipinski definition) is 3. The Morgan fingerprint density at radius 3 is 2.58 bits per heavy atom. The van der Waals surface area contributed by atoms with Gasteiger partial charge >= 0.3 is 0 Å². The van der Waals surface area contributed by atoms with Crippen molar-refractivity contribution in [1.82, 2.24) is 5.32 Å². The van der Waals surface area contributed by atoms with Crippen molar-refractivity contribution in [2.75, 3.05) is 13.2 Å². The first-order valence-corrected chi connectivity index (χ1v) is 9.35. The molecule has 1 N–H and O–H groups in total. The standard InChI is InChI=1S/C22H29NO3/c1-4-6-14-25-16-20-15-19(12-13-21(20)26-5-2)22(24)23-17(3)18-10-8-7-9-11-18/h7-13,15,17H,4-6,14,16H2,1-3H3,(H,23,24). The van der Waals surface area contributed by atoms with Crippen LogP contribution in [0.2, 0.25) is 0 Å². The Kier molecular flexibility index (Phi) is 8.16. The van der Waals surface area contributed by atoms with Gasteiger partial charge in [-0.3, -0.25) is 4.79 Å². The van der Waals surface area contributed by atoms with Crippen molar-refractivity contribution in [3.8, 4) is 5.75 Å². The molecule has 0 aliphatic rings. The molecule has 26 heavy (non-hydrogen) atoms. The molecule has 0 aliphatic heterocycles. The van der Waals surface area contributed by atoms with E-state index in [1.807, 2.05) is 56.3 Å². The summed E-state index contributed by atoms with van der Waals surface area (Å²) in [6.07, 6.45) is 2.12. The summed E-state index contributed by atoms with van der Waals surface area (Å²) >= 11 is 0. The van der Waals surface area contributed by atoms with Crippen LogP contribution < -0.4 is 10.1 Å². The molecule has 0 fully saturated rings. The van der Waals surface area contributed by atoms with Crippen LogP contribution in [0, 0.1) is 0 Å². The zero-order chi connectivity index (χ0) is 18.8. The van der Waals surface area contributed by atoms with Crippen molar-refractivity contribution in [1.29, 1.82) is 0 Å². The Hall–Kier alpha value is -2.33. The molecule has 2 aromatic rings. The molecule has 2 rings (SSSR count). The van der Waals surface area contributed by atoms with E-state index in [0.29, 0.717) is 25.4 Å². The molecule has 0 heterocycles. The van der Waals surface area contributed by atoms with E-state index in [9.17, 15) is 4.79 Å². The van der Waals surface area contributed by atoms with Crippen LogP contribution in [0.15, 0.2) is 48.5 Å². The van der Waals surface area contributed by atoms with E-state index < -0.39 is 0 Å². The largest absolute Gasteiger partial charge is 0.494 e. The first-order chi connectivity index (χ1) is 12.7. The van der Waals surface area contributed by atoms with Crippen molar-refractivity contribution in [3.05, 3.63) is 65.2 Å². The molecule has 2 aromatic carbocycles. The number of hydrogen-bond donors (Lipinski definition) is 1. The highest BCUT2D eigenvalue weighted by molar-refractivity contribution is 5.94. The summed E-state index contributed by atoms with van der Waals surface area (Å²) in [6.45, 7) is 7.81. The molecule has 0 saturated heterocycles. The number of amides is 1. The second-order valence-corrected chi connectivity index (χ2v) is 6.27. The Morgan fingerprint density at radius 2 is 1.88 bits per heavy atom. The van der Waals surface area contributed by atoms with Gasteiger partial charge in [0.05, 0.1) is 19.3 Å². The second kappa shape index (κ2) is 10.6. The molecule has 1 atom stereocenters. The average molecular weight is 355 g/mol. The predicted molar refractivity (Wildman–Crippen MR) is 104 cm³/mol. The Balaban J connectivity index is 2.08. The number of benzene rings is 2. The molecular weight excluding hydrogens is 326 g/mol. The van der Waals surface area contributed by atoms with Crippen LogP contribution in [0.3, 0.4) is 0 Å². The van der Waals surface area contributed by atoms with E-state index >= 15 is 0 Å². The number of carbonyl (C=O) groups is 1. The number of unbranched alkanes of at least 4 members (excludes halogenated alkanes) is 1. The molecule has 0 bridgehead atoms. The molecule has 0 radical (unpaired) electrons. The summed E-state index contributed by atoms with van der Waals surface area (Å²) in [7, 11) is 0. The summed E-state index contributed by atoms with van der Waals surface area (Å²) < 4.78 is 11.4. The number of nitrogens with one attached hydrogen (secondary N) is 1. The van der Waals surface area contributed by atoms with Gasteiger partial charge in [-0.25, -0.2) is 0 Å². The lowest BCUT2D eigenvalue weighted by Gasteiger charge is -2.16. The van der Waals surface area contributed by atoms with Crippen LogP contribution in [-0.2, 0) is 11.3 Å². The monoisotopic (exact) mass is 355 g/mol. The van der Waals surface area contributed by atoms with Gasteiger partial charge in [0.25, 0.3) is 5.91 Å². The third kappa shape index (κ3) is 5.88. The zero-order valence-electron chi connectivity index (χ0n) is 16.0. The molecule has 1 amide bonds. The van der Waals surface area contributed by atoms with E-state index in [2.05, 4.69) is 12.2 Å². The quantitative estimate of drug-likeness (QED) is 0.617. The van der Waals surface area contributed by atoms with Crippen molar-refractivity contribution in [2.45, 2.75) is 46.3 Å². The highest BCUT2D eigenvalue weighted by atomic mass is 16.5. The minimum absolute atomic E-state index is 0.0560. The maximum absolute atomic E-state index is 12.6. The molecule has 1 unspecified atom stereocenters. The topological polar surface area (TPSA) is 47.6 Å². The van der Waals surface area contributed by atoms with E-state index in [1.165, 1.54) is 0 Å². The molecular formula is C22H29NO3. The first-order valence-electron chi connectivity index (χ1n) is 9.35. The predicted octanol–water partition coefficient (Wildman–Crippen LogP) is 4.89. The van der Waals surface area contributed by atoms with Crippen molar-refractivity contribution >= 4 is 5.91 Å². The second-order valence-electron chi connectivity index (χ2n) is 6.27. The highest BCUT2D eigenvalue weighted by Gasteiger charge is 2.14. The van der Waals surface area contributed by atoms with Gasteiger partial charge in [-0.2, -0.15) is 0 Å². The smallest absolute Gasteiger partial charge is 0.251 e. The van der Waals surface area contributed by atoms with Crippen molar-refractivity contribution < 1.29 is 14.3 Å². The fraction of sp³-hybridized carbons (Fsp3) is 0.409. The van der Waals surface area contributed by atoms with Crippen LogP contribution in [0.1, 0.15) is 61.1 Å². The van der Waals surface area contributed by atoms with Crippen LogP contribution in [0.25, 0.3) is 0 Å². The summed E-state index contributed by atoms with van der Waals surface area (Å²) in [5.41, 5.74) is 2.60. The lowest BCUT2D eigenvalue weighted by atomic mass is 10.1. The third-order valence-corrected chi connectivity index (χ3v) is 4.17. The lowest BCUT2D eigenvalue weighted by molar-refractivity contribution is 0.0938. The SMILES string of the molecule is CCCCOCc1cc(C(=O)NC(C)c2ccccc2)ccc1OCC. The Bertz CT molecular complexity index is 685. The average Bonchev–Trinajstić information content (AvgIpc) is 2.67. The molecule has 4 nitrogen and oxygen atoms in total. The van der Waals surface area contributed by atoms with Crippen LogP contribution in [0.4, 0.5) is 0 Å². The van der Waals surface area contributed by atoms with Gasteiger partial charge in [-0.15, -0.1) is 0 Å². The number of ether oxygens (including phenoxy) is 2. The van der Waals surface area contributed by atoms with Gasteiger partial charge in [0.2, 0.25) is 0 Å². The number of carbonyl (C=O) groups excluding carboxylic acids is 1. The fourth-order valence-electron chi connectivity index (χ4n) is 2.66. The molecule has 0 aliphatic carbocycles. The fourth-order valence-corrected chi connectivity index (χ4v) is 2.66. The minimum Gasteiger partial charge on any atom is -0.494 e. The van der Waals surface area contributed by atoms with Gasteiger partial charge in [0.1, 0.15) is 5.75 Å². The van der Waals surface area contributed by atoms with Gasteiger partial charge < -0.3 is 14.8 Å². The highest BCUT2D eigenvalue weighted by Crippen LogP contribution is 2.22. The van der Waals surface area contributed by atoms with Gasteiger partial charge in [-0.05, 0) is 44.0 Å². The molecule has 140 valence electrons. The lowest BCUT2D eigenvalue weighted by Crippen LogP contribution is -2.26. The van der Waals surface area contributed by atoms with Gasteiger partial charge in [0, 0.05) is 17.7 Å².